The summed E-state index contributed by atoms with van der Waals surface area (Å²) in [6.07, 6.45) is 0. The number of carbonyl (C=O) groups excluding carboxylic acids is 2. The number of carboxylic acids is 1. The van der Waals surface area contributed by atoms with Crippen LogP contribution in [0.15, 0.2) is 0 Å². The predicted molar refractivity (Wildman–Crippen MR) is 48.4 cm³/mol. The number of hydrogen-bond acceptors (Lipinski definition) is 5. The van der Waals surface area contributed by atoms with Crippen molar-refractivity contribution in [2.75, 3.05) is 0 Å². The van der Waals surface area contributed by atoms with Crippen LogP contribution in [0.3, 0.4) is 0 Å². The molecular weight excluding hydrogens is 188 g/mol. The third kappa shape index (κ3) is 2.90. The molecule has 0 aromatic carbocycles. The molecule has 0 heterocycles. The number of hydrogen-bond donors (Lipinski definition) is 3. The molecule has 0 radical (unpaired) electrons. The third-order valence-corrected chi connectivity index (χ3v) is 1.71. The molecule has 6 nitrogen and oxygen atoms in total. The van der Waals surface area contributed by atoms with Gasteiger partial charge in [-0.25, -0.2) is 0 Å². The zero-order chi connectivity index (χ0) is 11.5. The molecule has 0 aromatic heterocycles. The minimum absolute atomic E-state index is 0.820. The highest BCUT2D eigenvalue weighted by Gasteiger charge is 2.36. The first kappa shape index (κ1) is 12.7. The Labute approximate surface area is 81.3 Å². The van der Waals surface area contributed by atoms with E-state index < -0.39 is 35.5 Å². The Bertz CT molecular complexity index is 240. The third-order valence-electron chi connectivity index (χ3n) is 1.71. The fourth-order valence-corrected chi connectivity index (χ4v) is 0.909. The Morgan fingerprint density at radius 2 is 1.29 bits per heavy atom. The molecule has 0 amide bonds. The lowest BCUT2D eigenvalue weighted by atomic mass is 9.92. The topological polar surface area (TPSA) is 123 Å². The monoisotopic (exact) mass is 202 g/mol. The molecule has 0 saturated carbocycles. The maximum atomic E-state index is 11.2. The molecular formula is C8H14N2O4. The van der Waals surface area contributed by atoms with Crippen LogP contribution in [0.2, 0.25) is 0 Å². The molecule has 80 valence electrons. The van der Waals surface area contributed by atoms with Gasteiger partial charge in [0, 0.05) is 0 Å². The smallest absolute Gasteiger partial charge is 0.321 e. The molecule has 14 heavy (non-hydrogen) atoms. The Morgan fingerprint density at radius 3 is 1.43 bits per heavy atom. The van der Waals surface area contributed by atoms with Gasteiger partial charge >= 0.3 is 5.97 Å². The molecule has 6 heteroatoms. The van der Waals surface area contributed by atoms with Crippen molar-refractivity contribution >= 4 is 17.5 Å². The number of Topliss-reactive ketones (excluding diaryl/α,β-unsaturated/α-hetero) is 2. The summed E-state index contributed by atoms with van der Waals surface area (Å²) < 4.78 is 0. The van der Waals surface area contributed by atoms with Gasteiger partial charge in [0.2, 0.25) is 0 Å². The normalized spacial score (nSPS) is 16.9. The zero-order valence-corrected chi connectivity index (χ0v) is 8.06. The zero-order valence-electron chi connectivity index (χ0n) is 8.06. The van der Waals surface area contributed by atoms with Crippen molar-refractivity contribution in [3.8, 4) is 0 Å². The van der Waals surface area contributed by atoms with Gasteiger partial charge < -0.3 is 16.6 Å². The van der Waals surface area contributed by atoms with Crippen LogP contribution in [-0.2, 0) is 14.4 Å². The van der Waals surface area contributed by atoms with E-state index in [0.717, 1.165) is 0 Å². The first-order valence-corrected chi connectivity index (χ1v) is 4.10. The average molecular weight is 202 g/mol. The lowest BCUT2D eigenvalue weighted by molar-refractivity contribution is -0.151. The lowest BCUT2D eigenvalue weighted by Crippen LogP contribution is -2.46. The minimum atomic E-state index is -1.74. The Morgan fingerprint density at radius 1 is 1.00 bits per heavy atom. The summed E-state index contributed by atoms with van der Waals surface area (Å²) in [4.78, 5) is 33.1. The molecule has 2 atom stereocenters. The van der Waals surface area contributed by atoms with Crippen LogP contribution in [0.4, 0.5) is 0 Å². The molecule has 0 aromatic rings. The summed E-state index contributed by atoms with van der Waals surface area (Å²) in [5.41, 5.74) is 10.4. The van der Waals surface area contributed by atoms with Gasteiger partial charge in [0.1, 0.15) is 0 Å². The molecule has 0 aliphatic heterocycles. The van der Waals surface area contributed by atoms with E-state index in [1.807, 2.05) is 0 Å². The molecule has 0 bridgehead atoms. The van der Waals surface area contributed by atoms with Crippen LogP contribution in [0.5, 0.6) is 0 Å². The lowest BCUT2D eigenvalue weighted by Gasteiger charge is -2.14. The first-order valence-electron chi connectivity index (χ1n) is 4.10. The summed E-state index contributed by atoms with van der Waals surface area (Å²) in [6.45, 7) is 2.65. The van der Waals surface area contributed by atoms with Crippen molar-refractivity contribution in [3.05, 3.63) is 0 Å². The quantitative estimate of drug-likeness (QED) is 0.467. The second-order valence-electron chi connectivity index (χ2n) is 3.15. The number of carboxylic acid groups (broad SMARTS) is 1. The predicted octanol–water partition coefficient (Wildman–Crippen LogP) is -1.48. The van der Waals surface area contributed by atoms with E-state index in [2.05, 4.69) is 0 Å². The summed E-state index contributed by atoms with van der Waals surface area (Å²) in [7, 11) is 0. The molecule has 2 unspecified atom stereocenters. The van der Waals surface area contributed by atoms with E-state index in [1.54, 1.807) is 0 Å². The van der Waals surface area contributed by atoms with Gasteiger partial charge in [0.05, 0.1) is 12.1 Å². The van der Waals surface area contributed by atoms with Crippen LogP contribution >= 0.6 is 0 Å². The van der Waals surface area contributed by atoms with Crippen LogP contribution in [0.1, 0.15) is 13.8 Å². The van der Waals surface area contributed by atoms with E-state index in [1.165, 1.54) is 13.8 Å². The van der Waals surface area contributed by atoms with Gasteiger partial charge in [0.15, 0.2) is 17.5 Å². The van der Waals surface area contributed by atoms with E-state index >= 15 is 0 Å². The Balaban J connectivity index is 4.88. The number of ketones is 2. The SMILES string of the molecule is CC(N)C(=O)C(C(=O)O)C(=O)C(C)N. The van der Waals surface area contributed by atoms with Gasteiger partial charge in [-0.05, 0) is 13.8 Å². The van der Waals surface area contributed by atoms with Crippen LogP contribution < -0.4 is 11.5 Å². The van der Waals surface area contributed by atoms with E-state index in [0.29, 0.717) is 0 Å². The van der Waals surface area contributed by atoms with Crippen molar-refractivity contribution in [3.63, 3.8) is 0 Å². The summed E-state index contributed by atoms with van der Waals surface area (Å²) in [5.74, 6) is -4.88. The van der Waals surface area contributed by atoms with Crippen molar-refractivity contribution < 1.29 is 19.5 Å². The van der Waals surface area contributed by atoms with E-state index in [4.69, 9.17) is 16.6 Å². The minimum Gasteiger partial charge on any atom is -0.480 e. The summed E-state index contributed by atoms with van der Waals surface area (Å²) in [5, 5.41) is 8.66. The fourth-order valence-electron chi connectivity index (χ4n) is 0.909. The molecule has 0 aliphatic rings. The van der Waals surface area contributed by atoms with Crippen molar-refractivity contribution in [2.24, 2.45) is 17.4 Å². The Hall–Kier alpha value is -1.27. The first-order chi connectivity index (χ1) is 6.29. The highest BCUT2D eigenvalue weighted by Crippen LogP contribution is 2.05. The molecule has 0 rings (SSSR count). The Kier molecular flexibility index (Phi) is 4.39. The standard InChI is InChI=1S/C8H14N2O4/c1-3(9)6(11)5(8(13)14)7(12)4(2)10/h3-5H,9-10H2,1-2H3,(H,13,14). The second kappa shape index (κ2) is 4.83. The number of carbonyl (C=O) groups is 3. The average Bonchev–Trinajstić information content (AvgIpc) is 2.03. The molecule has 0 saturated heterocycles. The second-order valence-corrected chi connectivity index (χ2v) is 3.15. The largest absolute Gasteiger partial charge is 0.480 e. The maximum Gasteiger partial charge on any atom is 0.321 e. The summed E-state index contributed by atoms with van der Waals surface area (Å²) in [6, 6.07) is -1.97. The number of rotatable bonds is 5. The van der Waals surface area contributed by atoms with Crippen molar-refractivity contribution in [1.82, 2.24) is 0 Å². The van der Waals surface area contributed by atoms with Crippen molar-refractivity contribution in [2.45, 2.75) is 25.9 Å². The van der Waals surface area contributed by atoms with E-state index in [9.17, 15) is 14.4 Å². The molecule has 5 N–H and O–H groups in total. The van der Waals surface area contributed by atoms with Gasteiger partial charge in [-0.15, -0.1) is 0 Å². The highest BCUT2D eigenvalue weighted by molar-refractivity contribution is 6.19. The van der Waals surface area contributed by atoms with Crippen LogP contribution in [0, 0.1) is 5.92 Å². The van der Waals surface area contributed by atoms with Gasteiger partial charge in [-0.2, -0.15) is 0 Å². The summed E-state index contributed by atoms with van der Waals surface area (Å²) >= 11 is 0. The van der Waals surface area contributed by atoms with Gasteiger partial charge in [0.25, 0.3) is 0 Å². The maximum absolute atomic E-state index is 11.2. The molecule has 0 fully saturated rings. The van der Waals surface area contributed by atoms with Crippen molar-refractivity contribution in [1.29, 1.82) is 0 Å². The number of aliphatic carboxylic acids is 1. The van der Waals surface area contributed by atoms with E-state index in [-0.39, 0.29) is 0 Å². The molecule has 0 aliphatic carbocycles. The molecule has 0 spiro atoms. The highest BCUT2D eigenvalue weighted by atomic mass is 16.4. The number of nitrogens with two attached hydrogens (primary N) is 2. The van der Waals surface area contributed by atoms with Crippen LogP contribution in [0.25, 0.3) is 0 Å². The van der Waals surface area contributed by atoms with Gasteiger partial charge in [-0.1, -0.05) is 0 Å². The van der Waals surface area contributed by atoms with Gasteiger partial charge in [-0.3, -0.25) is 14.4 Å². The van der Waals surface area contributed by atoms with Crippen LogP contribution in [-0.4, -0.2) is 34.7 Å². The fraction of sp³-hybridized carbons (Fsp3) is 0.625.